The minimum atomic E-state index is -3.95. The van der Waals surface area contributed by atoms with Crippen molar-refractivity contribution in [3.8, 4) is 5.75 Å². The third-order valence-electron chi connectivity index (χ3n) is 5.27. The molecule has 0 fully saturated rings. The summed E-state index contributed by atoms with van der Waals surface area (Å²) in [6.45, 7) is 0. The third kappa shape index (κ3) is 2.55. The highest BCUT2D eigenvalue weighted by molar-refractivity contribution is 7.93. The molecule has 1 amide bonds. The van der Waals surface area contributed by atoms with E-state index in [0.29, 0.717) is 33.1 Å². The molecule has 4 aromatic carbocycles. The molecule has 0 saturated carbocycles. The molecule has 6 nitrogen and oxygen atoms in total. The highest BCUT2D eigenvalue weighted by atomic mass is 32.2. The van der Waals surface area contributed by atoms with Crippen LogP contribution in [0.2, 0.25) is 0 Å². The predicted molar refractivity (Wildman–Crippen MR) is 113 cm³/mol. The number of benzene rings is 4. The smallest absolute Gasteiger partial charge is 0.262 e. The van der Waals surface area contributed by atoms with Gasteiger partial charge in [0.05, 0.1) is 16.3 Å². The molecule has 1 aliphatic heterocycles. The Morgan fingerprint density at radius 1 is 0.931 bits per heavy atom. The van der Waals surface area contributed by atoms with Crippen molar-refractivity contribution in [2.24, 2.45) is 0 Å². The minimum absolute atomic E-state index is 0.0519. The highest BCUT2D eigenvalue weighted by Gasteiger charge is 2.30. The normalized spacial score (nSPS) is 13.4. The van der Waals surface area contributed by atoms with Gasteiger partial charge in [-0.05, 0) is 41.8 Å². The molecule has 0 saturated heterocycles. The summed E-state index contributed by atoms with van der Waals surface area (Å²) in [5.74, 6) is -0.103. The number of hydrogen-bond donors (Lipinski definition) is 2. The fourth-order valence-electron chi connectivity index (χ4n) is 3.89. The largest absolute Gasteiger partial charge is 0.508 e. The first-order valence-corrected chi connectivity index (χ1v) is 10.4. The Kier molecular flexibility index (Phi) is 3.60. The van der Waals surface area contributed by atoms with Crippen LogP contribution in [-0.4, -0.2) is 26.5 Å². The summed E-state index contributed by atoms with van der Waals surface area (Å²) in [4.78, 5) is 14.1. The molecular formula is C22H16N2O4S. The van der Waals surface area contributed by atoms with E-state index in [4.69, 9.17) is 0 Å². The Hall–Kier alpha value is -3.58. The molecule has 4 aromatic rings. The molecule has 0 radical (unpaired) electrons. The molecule has 0 aromatic heterocycles. The lowest BCUT2D eigenvalue weighted by Crippen LogP contribution is -2.20. The molecule has 29 heavy (non-hydrogen) atoms. The summed E-state index contributed by atoms with van der Waals surface area (Å²) in [7, 11) is -2.27. The van der Waals surface area contributed by atoms with E-state index in [9.17, 15) is 18.3 Å². The van der Waals surface area contributed by atoms with Crippen LogP contribution in [0.25, 0.3) is 21.5 Å². The average Bonchev–Trinajstić information content (AvgIpc) is 2.95. The number of aromatic hydroxyl groups is 1. The number of phenolic OH excluding ortho intramolecular Hbond substituents is 1. The van der Waals surface area contributed by atoms with E-state index in [1.54, 1.807) is 55.6 Å². The zero-order valence-electron chi connectivity index (χ0n) is 15.4. The molecule has 1 aliphatic rings. The van der Waals surface area contributed by atoms with E-state index in [1.165, 1.54) is 17.0 Å². The van der Waals surface area contributed by atoms with Gasteiger partial charge in [-0.25, -0.2) is 8.42 Å². The van der Waals surface area contributed by atoms with Crippen LogP contribution >= 0.6 is 0 Å². The van der Waals surface area contributed by atoms with Gasteiger partial charge in [0, 0.05) is 28.8 Å². The molecule has 0 spiro atoms. The fourth-order valence-corrected chi connectivity index (χ4v) is 5.18. The number of sulfonamides is 1. The lowest BCUT2D eigenvalue weighted by molar-refractivity contribution is 0.0999. The molecule has 1 heterocycles. The summed E-state index contributed by atoms with van der Waals surface area (Å²) in [5, 5.41) is 12.3. The van der Waals surface area contributed by atoms with Crippen molar-refractivity contribution in [2.75, 3.05) is 16.7 Å². The Morgan fingerprint density at radius 2 is 1.72 bits per heavy atom. The lowest BCUT2D eigenvalue weighted by atomic mass is 10.1. The summed E-state index contributed by atoms with van der Waals surface area (Å²) < 4.78 is 29.2. The highest BCUT2D eigenvalue weighted by Crippen LogP contribution is 2.40. The van der Waals surface area contributed by atoms with Crippen molar-refractivity contribution in [1.82, 2.24) is 0 Å². The van der Waals surface area contributed by atoms with Gasteiger partial charge in [0.25, 0.3) is 15.9 Å². The van der Waals surface area contributed by atoms with Crippen LogP contribution in [0.1, 0.15) is 10.4 Å². The molecule has 0 aliphatic carbocycles. The van der Waals surface area contributed by atoms with Gasteiger partial charge < -0.3 is 10.0 Å². The number of rotatable bonds is 3. The van der Waals surface area contributed by atoms with Crippen LogP contribution in [0.3, 0.4) is 0 Å². The maximum Gasteiger partial charge on any atom is 0.262 e. The van der Waals surface area contributed by atoms with Gasteiger partial charge in [0.15, 0.2) is 0 Å². The second-order valence-electron chi connectivity index (χ2n) is 6.99. The van der Waals surface area contributed by atoms with Crippen LogP contribution in [0, 0.1) is 0 Å². The van der Waals surface area contributed by atoms with Crippen molar-refractivity contribution in [3.05, 3.63) is 72.3 Å². The van der Waals surface area contributed by atoms with E-state index in [0.717, 1.165) is 5.39 Å². The number of carbonyl (C=O) groups is 1. The monoisotopic (exact) mass is 404 g/mol. The lowest BCUT2D eigenvalue weighted by Gasteiger charge is -2.14. The van der Waals surface area contributed by atoms with Gasteiger partial charge in [0.1, 0.15) is 5.75 Å². The standard InChI is InChI=1S/C22H16N2O4S/c1-24-19-10-11-20(15-5-3-6-16(21(15)19)22(24)26)29(27,28)23-18-7-2-4-13-8-9-14(25)12-17(13)18/h2-12,23,25H,1H3. The zero-order valence-corrected chi connectivity index (χ0v) is 16.2. The Morgan fingerprint density at radius 3 is 2.55 bits per heavy atom. The van der Waals surface area contributed by atoms with Crippen LogP contribution in [-0.2, 0) is 10.0 Å². The van der Waals surface area contributed by atoms with E-state index >= 15 is 0 Å². The third-order valence-corrected chi connectivity index (χ3v) is 6.70. The molecule has 5 rings (SSSR count). The Balaban J connectivity index is 1.69. The van der Waals surface area contributed by atoms with Gasteiger partial charge in [-0.3, -0.25) is 9.52 Å². The second kappa shape index (κ2) is 5.96. The first-order valence-electron chi connectivity index (χ1n) is 8.95. The quantitative estimate of drug-likeness (QED) is 0.538. The van der Waals surface area contributed by atoms with E-state index < -0.39 is 10.0 Å². The molecule has 144 valence electrons. The van der Waals surface area contributed by atoms with Crippen LogP contribution in [0.4, 0.5) is 11.4 Å². The van der Waals surface area contributed by atoms with Crippen LogP contribution in [0.15, 0.2) is 71.6 Å². The maximum atomic E-state index is 13.3. The minimum Gasteiger partial charge on any atom is -0.508 e. The Labute approximate surface area is 167 Å². The van der Waals surface area contributed by atoms with E-state index in [2.05, 4.69) is 4.72 Å². The number of hydrogen-bond acceptors (Lipinski definition) is 4. The van der Waals surface area contributed by atoms with Crippen LogP contribution in [0.5, 0.6) is 5.75 Å². The van der Waals surface area contributed by atoms with Crippen molar-refractivity contribution in [3.63, 3.8) is 0 Å². The predicted octanol–water partition coefficient (Wildman–Crippen LogP) is 4.09. The number of fused-ring (bicyclic) bond motifs is 1. The number of anilines is 2. The summed E-state index contributed by atoms with van der Waals surface area (Å²) in [5.41, 5.74) is 1.55. The zero-order chi connectivity index (χ0) is 20.3. The average molecular weight is 404 g/mol. The van der Waals surface area contributed by atoms with Crippen molar-refractivity contribution < 1.29 is 18.3 Å². The molecular weight excluding hydrogens is 388 g/mol. The molecule has 0 atom stereocenters. The van der Waals surface area contributed by atoms with Gasteiger partial charge >= 0.3 is 0 Å². The van der Waals surface area contributed by atoms with Gasteiger partial charge in [-0.2, -0.15) is 0 Å². The topological polar surface area (TPSA) is 86.7 Å². The number of carbonyl (C=O) groups excluding carboxylic acids is 1. The molecule has 2 N–H and O–H groups in total. The van der Waals surface area contributed by atoms with E-state index in [-0.39, 0.29) is 16.6 Å². The number of nitrogens with zero attached hydrogens (tertiary/aromatic N) is 1. The van der Waals surface area contributed by atoms with Gasteiger partial charge in [0.2, 0.25) is 0 Å². The summed E-state index contributed by atoms with van der Waals surface area (Å²) >= 11 is 0. The number of amides is 1. The Bertz CT molecular complexity index is 1440. The van der Waals surface area contributed by atoms with Crippen molar-refractivity contribution in [2.45, 2.75) is 4.90 Å². The first kappa shape index (κ1) is 17.5. The fraction of sp³-hybridized carbons (Fsp3) is 0.0455. The number of nitrogens with one attached hydrogen (secondary N) is 1. The maximum absolute atomic E-state index is 13.3. The van der Waals surface area contributed by atoms with Crippen molar-refractivity contribution in [1.29, 1.82) is 0 Å². The second-order valence-corrected chi connectivity index (χ2v) is 8.64. The van der Waals surface area contributed by atoms with Gasteiger partial charge in [-0.15, -0.1) is 0 Å². The SMILES string of the molecule is CN1C(=O)c2cccc3c(S(=O)(=O)Nc4cccc5ccc(O)cc45)ccc1c23. The van der Waals surface area contributed by atoms with Gasteiger partial charge in [-0.1, -0.05) is 30.3 Å². The van der Waals surface area contributed by atoms with E-state index in [1.807, 2.05) is 6.07 Å². The molecule has 0 unspecified atom stereocenters. The molecule has 7 heteroatoms. The summed E-state index contributed by atoms with van der Waals surface area (Å²) in [6.07, 6.45) is 0. The first-order chi connectivity index (χ1) is 13.9. The molecule has 0 bridgehead atoms. The summed E-state index contributed by atoms with van der Waals surface area (Å²) in [6, 6.07) is 18.3. The number of phenols is 1. The van der Waals surface area contributed by atoms with Crippen molar-refractivity contribution >= 4 is 48.9 Å². The van der Waals surface area contributed by atoms with Crippen LogP contribution < -0.4 is 9.62 Å².